The number of carboxylic acids is 1. The van der Waals surface area contributed by atoms with Crippen LogP contribution >= 0.6 is 0 Å². The van der Waals surface area contributed by atoms with Crippen LogP contribution in [0.25, 0.3) is 0 Å². The summed E-state index contributed by atoms with van der Waals surface area (Å²) >= 11 is 0. The number of rotatable bonds is 3. The molecule has 0 saturated carbocycles. The Bertz CT molecular complexity index is 384. The fourth-order valence-electron chi connectivity index (χ4n) is 0.879. The highest BCUT2D eigenvalue weighted by Gasteiger charge is 2.18. The number of nitrogens with two attached hydrogens (primary N) is 1. The van der Waals surface area contributed by atoms with E-state index in [1.165, 1.54) is 12.3 Å². The Morgan fingerprint density at radius 1 is 1.43 bits per heavy atom. The highest BCUT2D eigenvalue weighted by atomic mass is 16.4. The molecule has 72 valence electrons. The number of Topliss-reactive ketones (excluding diaryl/α,β-unsaturated/α-hetero) is 1. The van der Waals surface area contributed by atoms with E-state index in [0.717, 1.165) is 6.20 Å². The van der Waals surface area contributed by atoms with E-state index < -0.39 is 17.3 Å². The van der Waals surface area contributed by atoms with E-state index in [0.29, 0.717) is 0 Å². The van der Waals surface area contributed by atoms with E-state index in [4.69, 9.17) is 10.8 Å². The smallest absolute Gasteiger partial charge is 0.341 e. The average Bonchev–Trinajstić information content (AvgIpc) is 2.19. The molecule has 1 heterocycles. The van der Waals surface area contributed by atoms with E-state index in [1.807, 2.05) is 0 Å². The zero-order valence-corrected chi connectivity index (χ0v) is 7.18. The molecule has 0 saturated heterocycles. The van der Waals surface area contributed by atoms with Crippen LogP contribution in [0, 0.1) is 0 Å². The van der Waals surface area contributed by atoms with Gasteiger partial charge >= 0.3 is 5.97 Å². The van der Waals surface area contributed by atoms with E-state index in [-0.39, 0.29) is 5.69 Å². The van der Waals surface area contributed by atoms with Gasteiger partial charge in [0.05, 0.1) is 0 Å². The molecule has 1 aromatic heterocycles. The van der Waals surface area contributed by atoms with Gasteiger partial charge in [-0.3, -0.25) is 9.78 Å². The Kier molecular flexibility index (Phi) is 2.96. The van der Waals surface area contributed by atoms with Crippen LogP contribution in [0.15, 0.2) is 36.2 Å². The lowest BCUT2D eigenvalue weighted by molar-refractivity contribution is -0.132. The van der Waals surface area contributed by atoms with Crippen LogP contribution < -0.4 is 5.73 Å². The summed E-state index contributed by atoms with van der Waals surface area (Å²) in [5, 5.41) is 8.61. The Morgan fingerprint density at radius 2 is 2.14 bits per heavy atom. The van der Waals surface area contributed by atoms with Gasteiger partial charge in [-0.15, -0.1) is 0 Å². The Hall–Kier alpha value is -2.17. The van der Waals surface area contributed by atoms with Gasteiger partial charge in [0.25, 0.3) is 0 Å². The number of hydrogen-bond acceptors (Lipinski definition) is 4. The van der Waals surface area contributed by atoms with Crippen LogP contribution in [0.2, 0.25) is 0 Å². The van der Waals surface area contributed by atoms with Gasteiger partial charge in [-0.05, 0) is 12.1 Å². The van der Waals surface area contributed by atoms with Crippen LogP contribution in [-0.4, -0.2) is 21.8 Å². The first-order valence-electron chi connectivity index (χ1n) is 3.77. The molecule has 5 heteroatoms. The summed E-state index contributed by atoms with van der Waals surface area (Å²) in [6.07, 6.45) is 2.17. The molecule has 1 aromatic rings. The topological polar surface area (TPSA) is 93.3 Å². The van der Waals surface area contributed by atoms with Crippen molar-refractivity contribution in [1.29, 1.82) is 0 Å². The molecule has 0 aliphatic rings. The zero-order valence-electron chi connectivity index (χ0n) is 7.18. The molecule has 0 atom stereocenters. The van der Waals surface area contributed by atoms with Crippen LogP contribution in [0.1, 0.15) is 10.5 Å². The van der Waals surface area contributed by atoms with Crippen molar-refractivity contribution in [2.45, 2.75) is 0 Å². The fourth-order valence-corrected chi connectivity index (χ4v) is 0.879. The monoisotopic (exact) mass is 192 g/mol. The van der Waals surface area contributed by atoms with Gasteiger partial charge in [0, 0.05) is 12.4 Å². The van der Waals surface area contributed by atoms with Gasteiger partial charge in [0.15, 0.2) is 0 Å². The number of aromatic nitrogens is 1. The molecular weight excluding hydrogens is 184 g/mol. The third-order valence-electron chi connectivity index (χ3n) is 1.54. The van der Waals surface area contributed by atoms with Gasteiger partial charge in [0.1, 0.15) is 11.3 Å². The van der Waals surface area contributed by atoms with Crippen molar-refractivity contribution >= 4 is 11.8 Å². The van der Waals surface area contributed by atoms with Gasteiger partial charge in [0.2, 0.25) is 5.78 Å². The van der Waals surface area contributed by atoms with Crippen LogP contribution in [0.4, 0.5) is 0 Å². The SMILES string of the molecule is NC=C(C(=O)O)C(=O)c1ccccn1. The van der Waals surface area contributed by atoms with Gasteiger partial charge in [-0.25, -0.2) is 4.79 Å². The standard InChI is InChI=1S/C9H8N2O3/c10-5-6(9(13)14)8(12)7-3-1-2-4-11-7/h1-5H,10H2,(H,13,14). The predicted molar refractivity (Wildman–Crippen MR) is 48.5 cm³/mol. The van der Waals surface area contributed by atoms with Crippen molar-refractivity contribution in [3.63, 3.8) is 0 Å². The number of pyridine rings is 1. The van der Waals surface area contributed by atoms with E-state index in [9.17, 15) is 9.59 Å². The van der Waals surface area contributed by atoms with Crippen LogP contribution in [0.5, 0.6) is 0 Å². The van der Waals surface area contributed by atoms with Gasteiger partial charge < -0.3 is 10.8 Å². The first-order valence-corrected chi connectivity index (χ1v) is 3.77. The van der Waals surface area contributed by atoms with Gasteiger partial charge in [-0.1, -0.05) is 6.07 Å². The number of ketones is 1. The van der Waals surface area contributed by atoms with Gasteiger partial charge in [-0.2, -0.15) is 0 Å². The molecule has 0 fully saturated rings. The molecule has 1 rings (SSSR count). The van der Waals surface area contributed by atoms with Crippen molar-refractivity contribution in [2.24, 2.45) is 5.73 Å². The summed E-state index contributed by atoms with van der Waals surface area (Å²) in [6.45, 7) is 0. The lowest BCUT2D eigenvalue weighted by atomic mass is 10.1. The number of carbonyl (C=O) groups is 2. The Labute approximate surface area is 79.9 Å². The minimum absolute atomic E-state index is 0.0617. The highest BCUT2D eigenvalue weighted by Crippen LogP contribution is 2.04. The number of carboxylic acid groups (broad SMARTS) is 1. The molecule has 14 heavy (non-hydrogen) atoms. The van der Waals surface area contributed by atoms with Crippen LogP contribution in [0.3, 0.4) is 0 Å². The minimum Gasteiger partial charge on any atom is -0.477 e. The van der Waals surface area contributed by atoms with E-state index in [2.05, 4.69) is 4.98 Å². The molecular formula is C9H8N2O3. The molecule has 0 aromatic carbocycles. The molecule has 0 radical (unpaired) electrons. The molecule has 0 unspecified atom stereocenters. The summed E-state index contributed by atoms with van der Waals surface area (Å²) in [7, 11) is 0. The number of carbonyl (C=O) groups excluding carboxylic acids is 1. The lowest BCUT2D eigenvalue weighted by Crippen LogP contribution is -2.15. The minimum atomic E-state index is -1.36. The van der Waals surface area contributed by atoms with Crippen molar-refractivity contribution in [2.75, 3.05) is 0 Å². The average molecular weight is 192 g/mol. The zero-order chi connectivity index (χ0) is 10.6. The maximum absolute atomic E-state index is 11.4. The first-order chi connectivity index (χ1) is 6.66. The maximum atomic E-state index is 11.4. The molecule has 0 aliphatic heterocycles. The second-order valence-electron chi connectivity index (χ2n) is 2.43. The number of hydrogen-bond donors (Lipinski definition) is 2. The largest absolute Gasteiger partial charge is 0.477 e. The Morgan fingerprint density at radius 3 is 2.57 bits per heavy atom. The fraction of sp³-hybridized carbons (Fsp3) is 0. The molecule has 3 N–H and O–H groups in total. The summed E-state index contributed by atoms with van der Waals surface area (Å²) in [4.78, 5) is 25.7. The van der Waals surface area contributed by atoms with Crippen LogP contribution in [-0.2, 0) is 4.79 Å². The van der Waals surface area contributed by atoms with Crippen molar-refractivity contribution < 1.29 is 14.7 Å². The third kappa shape index (κ3) is 1.95. The lowest BCUT2D eigenvalue weighted by Gasteiger charge is -1.98. The molecule has 0 amide bonds. The van der Waals surface area contributed by atoms with Crippen molar-refractivity contribution in [1.82, 2.24) is 4.98 Å². The molecule has 0 aliphatic carbocycles. The summed E-state index contributed by atoms with van der Waals surface area (Å²) in [6, 6.07) is 4.65. The Balaban J connectivity index is 3.02. The first kappa shape index (κ1) is 9.91. The second kappa shape index (κ2) is 4.18. The summed E-state index contributed by atoms with van der Waals surface area (Å²) in [5.41, 5.74) is 4.60. The van der Waals surface area contributed by atoms with E-state index in [1.54, 1.807) is 12.1 Å². The second-order valence-corrected chi connectivity index (χ2v) is 2.43. The maximum Gasteiger partial charge on any atom is 0.341 e. The molecule has 5 nitrogen and oxygen atoms in total. The predicted octanol–water partition coefficient (Wildman–Crippen LogP) is 0.191. The molecule has 0 bridgehead atoms. The third-order valence-corrected chi connectivity index (χ3v) is 1.54. The molecule has 0 spiro atoms. The number of aliphatic carboxylic acids is 1. The number of nitrogens with zero attached hydrogens (tertiary/aromatic N) is 1. The normalized spacial score (nSPS) is 11.0. The highest BCUT2D eigenvalue weighted by molar-refractivity contribution is 6.22. The summed E-state index contributed by atoms with van der Waals surface area (Å²) in [5.74, 6) is -2.05. The van der Waals surface area contributed by atoms with Crippen molar-refractivity contribution in [3.8, 4) is 0 Å². The summed E-state index contributed by atoms with van der Waals surface area (Å²) < 4.78 is 0. The van der Waals surface area contributed by atoms with Crippen molar-refractivity contribution in [3.05, 3.63) is 41.9 Å². The quantitative estimate of drug-likeness (QED) is 0.308. The van der Waals surface area contributed by atoms with E-state index >= 15 is 0 Å².